The van der Waals surface area contributed by atoms with E-state index in [4.69, 9.17) is 16.3 Å². The standard InChI is InChI=1S/C9H13ClN2O2/c1-4-14-9(13)8(10)7-5-11-12(3)6(7)2/h5,8H,4H2,1-3H3. The highest BCUT2D eigenvalue weighted by molar-refractivity contribution is 6.30. The molecule has 0 N–H and O–H groups in total. The quantitative estimate of drug-likeness (QED) is 0.569. The SMILES string of the molecule is CCOC(=O)C(Cl)c1cnn(C)c1C. The summed E-state index contributed by atoms with van der Waals surface area (Å²) in [7, 11) is 1.80. The van der Waals surface area contributed by atoms with E-state index in [1.165, 1.54) is 0 Å². The topological polar surface area (TPSA) is 44.1 Å². The van der Waals surface area contributed by atoms with Crippen molar-refractivity contribution >= 4 is 17.6 Å². The minimum atomic E-state index is -0.761. The molecule has 0 saturated carbocycles. The van der Waals surface area contributed by atoms with Gasteiger partial charge < -0.3 is 4.74 Å². The van der Waals surface area contributed by atoms with E-state index in [1.807, 2.05) is 6.92 Å². The van der Waals surface area contributed by atoms with E-state index in [9.17, 15) is 4.79 Å². The average molecular weight is 217 g/mol. The Morgan fingerprint density at radius 2 is 2.43 bits per heavy atom. The minimum absolute atomic E-state index is 0.335. The molecule has 1 rings (SSSR count). The van der Waals surface area contributed by atoms with Crippen LogP contribution >= 0.6 is 11.6 Å². The van der Waals surface area contributed by atoms with Crippen molar-refractivity contribution in [2.75, 3.05) is 6.61 Å². The molecule has 1 heterocycles. The van der Waals surface area contributed by atoms with Crippen molar-refractivity contribution in [3.8, 4) is 0 Å². The van der Waals surface area contributed by atoms with Crippen LogP contribution in [0.3, 0.4) is 0 Å². The summed E-state index contributed by atoms with van der Waals surface area (Å²) in [5, 5.41) is 3.24. The Labute approximate surface area is 87.8 Å². The van der Waals surface area contributed by atoms with Gasteiger partial charge in [-0.05, 0) is 13.8 Å². The number of hydrogen-bond donors (Lipinski definition) is 0. The Kier molecular flexibility index (Phi) is 3.52. The monoisotopic (exact) mass is 216 g/mol. The second-order valence-corrected chi connectivity index (χ2v) is 3.36. The molecule has 1 aromatic rings. The van der Waals surface area contributed by atoms with Gasteiger partial charge in [-0.25, -0.2) is 0 Å². The molecule has 5 heteroatoms. The largest absolute Gasteiger partial charge is 0.465 e. The van der Waals surface area contributed by atoms with Crippen molar-refractivity contribution in [3.63, 3.8) is 0 Å². The van der Waals surface area contributed by atoms with Crippen LogP contribution in [-0.4, -0.2) is 22.4 Å². The number of carbonyl (C=O) groups excluding carboxylic acids is 1. The van der Waals surface area contributed by atoms with Crippen LogP contribution in [0, 0.1) is 6.92 Å². The van der Waals surface area contributed by atoms with Gasteiger partial charge in [-0.2, -0.15) is 5.10 Å². The lowest BCUT2D eigenvalue weighted by Gasteiger charge is -2.07. The van der Waals surface area contributed by atoms with Crippen molar-refractivity contribution in [3.05, 3.63) is 17.5 Å². The molecule has 0 radical (unpaired) electrons. The molecule has 1 unspecified atom stereocenters. The lowest BCUT2D eigenvalue weighted by atomic mass is 10.2. The number of halogens is 1. The Morgan fingerprint density at radius 3 is 2.86 bits per heavy atom. The molecule has 0 aliphatic rings. The van der Waals surface area contributed by atoms with Crippen molar-refractivity contribution in [2.45, 2.75) is 19.2 Å². The van der Waals surface area contributed by atoms with Gasteiger partial charge in [-0.15, -0.1) is 11.6 Å². The van der Waals surface area contributed by atoms with Crippen LogP contribution in [0.15, 0.2) is 6.20 Å². The Balaban J connectivity index is 2.83. The molecule has 0 fully saturated rings. The molecule has 0 aliphatic carbocycles. The molecular formula is C9H13ClN2O2. The lowest BCUT2D eigenvalue weighted by molar-refractivity contribution is -0.142. The first-order valence-electron chi connectivity index (χ1n) is 4.37. The van der Waals surface area contributed by atoms with Gasteiger partial charge in [0, 0.05) is 18.3 Å². The van der Waals surface area contributed by atoms with Crippen LogP contribution in [0.1, 0.15) is 23.6 Å². The maximum Gasteiger partial charge on any atom is 0.328 e. The van der Waals surface area contributed by atoms with Crippen molar-refractivity contribution in [1.29, 1.82) is 0 Å². The summed E-state index contributed by atoms with van der Waals surface area (Å²) in [6, 6.07) is 0. The van der Waals surface area contributed by atoms with Gasteiger partial charge in [0.2, 0.25) is 0 Å². The first-order chi connectivity index (χ1) is 6.57. The summed E-state index contributed by atoms with van der Waals surface area (Å²) >= 11 is 5.93. The van der Waals surface area contributed by atoms with Gasteiger partial charge in [0.15, 0.2) is 5.38 Å². The summed E-state index contributed by atoms with van der Waals surface area (Å²) in [6.45, 7) is 3.94. The zero-order valence-electron chi connectivity index (χ0n) is 8.45. The first-order valence-corrected chi connectivity index (χ1v) is 4.80. The van der Waals surface area contributed by atoms with Crippen LogP contribution in [0.2, 0.25) is 0 Å². The van der Waals surface area contributed by atoms with E-state index in [-0.39, 0.29) is 0 Å². The predicted molar refractivity (Wildman–Crippen MR) is 53.2 cm³/mol. The Bertz CT molecular complexity index is 336. The highest BCUT2D eigenvalue weighted by Crippen LogP contribution is 2.24. The Hall–Kier alpha value is -1.03. The summed E-state index contributed by atoms with van der Waals surface area (Å²) < 4.78 is 6.48. The van der Waals surface area contributed by atoms with E-state index in [1.54, 1.807) is 24.9 Å². The smallest absolute Gasteiger partial charge is 0.328 e. The van der Waals surface area contributed by atoms with E-state index >= 15 is 0 Å². The van der Waals surface area contributed by atoms with Crippen molar-refractivity contribution in [2.24, 2.45) is 7.05 Å². The number of esters is 1. The molecular weight excluding hydrogens is 204 g/mol. The minimum Gasteiger partial charge on any atom is -0.465 e. The number of hydrogen-bond acceptors (Lipinski definition) is 3. The van der Waals surface area contributed by atoms with E-state index in [0.717, 1.165) is 5.69 Å². The van der Waals surface area contributed by atoms with E-state index < -0.39 is 11.3 Å². The normalized spacial score (nSPS) is 12.6. The second kappa shape index (κ2) is 4.46. The van der Waals surface area contributed by atoms with Crippen LogP contribution < -0.4 is 0 Å². The number of aryl methyl sites for hydroxylation is 1. The number of ether oxygens (including phenoxy) is 1. The highest BCUT2D eigenvalue weighted by Gasteiger charge is 2.22. The lowest BCUT2D eigenvalue weighted by Crippen LogP contribution is -2.11. The fraction of sp³-hybridized carbons (Fsp3) is 0.556. The second-order valence-electron chi connectivity index (χ2n) is 2.92. The third-order valence-corrected chi connectivity index (χ3v) is 2.45. The highest BCUT2D eigenvalue weighted by atomic mass is 35.5. The molecule has 1 atom stereocenters. The summed E-state index contributed by atoms with van der Waals surface area (Å²) in [6.07, 6.45) is 1.59. The van der Waals surface area contributed by atoms with Gasteiger partial charge in [-0.1, -0.05) is 0 Å². The average Bonchev–Trinajstić information content (AvgIpc) is 2.47. The zero-order valence-corrected chi connectivity index (χ0v) is 9.21. The fourth-order valence-corrected chi connectivity index (χ4v) is 1.38. The molecule has 1 aromatic heterocycles. The number of alkyl halides is 1. The summed E-state index contributed by atoms with van der Waals surface area (Å²) in [5.41, 5.74) is 1.57. The van der Waals surface area contributed by atoms with Gasteiger partial charge in [0.1, 0.15) is 0 Å². The number of rotatable bonds is 3. The van der Waals surface area contributed by atoms with E-state index in [0.29, 0.717) is 12.2 Å². The van der Waals surface area contributed by atoms with E-state index in [2.05, 4.69) is 5.10 Å². The third kappa shape index (κ3) is 2.07. The summed E-state index contributed by atoms with van der Waals surface area (Å²) in [5.74, 6) is -0.426. The molecule has 14 heavy (non-hydrogen) atoms. The van der Waals surface area contributed by atoms with Gasteiger partial charge >= 0.3 is 5.97 Å². The van der Waals surface area contributed by atoms with Crippen LogP contribution in [0.5, 0.6) is 0 Å². The molecule has 0 bridgehead atoms. The molecule has 0 aromatic carbocycles. The number of nitrogens with zero attached hydrogens (tertiary/aromatic N) is 2. The first kappa shape index (κ1) is 11.0. The van der Waals surface area contributed by atoms with Crippen LogP contribution in [0.25, 0.3) is 0 Å². The van der Waals surface area contributed by atoms with Gasteiger partial charge in [0.05, 0.1) is 12.8 Å². The van der Waals surface area contributed by atoms with Crippen LogP contribution in [0.4, 0.5) is 0 Å². The van der Waals surface area contributed by atoms with Crippen molar-refractivity contribution < 1.29 is 9.53 Å². The molecule has 0 spiro atoms. The number of carbonyl (C=O) groups is 1. The molecule has 78 valence electrons. The molecule has 0 saturated heterocycles. The fourth-order valence-electron chi connectivity index (χ4n) is 1.11. The zero-order chi connectivity index (χ0) is 10.7. The molecule has 0 aliphatic heterocycles. The number of aromatic nitrogens is 2. The Morgan fingerprint density at radius 1 is 1.79 bits per heavy atom. The maximum atomic E-state index is 11.3. The predicted octanol–water partition coefficient (Wildman–Crippen LogP) is 1.57. The summed E-state index contributed by atoms with van der Waals surface area (Å²) in [4.78, 5) is 11.3. The van der Waals surface area contributed by atoms with Gasteiger partial charge in [-0.3, -0.25) is 9.48 Å². The third-order valence-electron chi connectivity index (χ3n) is 2.04. The van der Waals surface area contributed by atoms with Gasteiger partial charge in [0.25, 0.3) is 0 Å². The maximum absolute atomic E-state index is 11.3. The molecule has 0 amide bonds. The van der Waals surface area contributed by atoms with Crippen LogP contribution in [-0.2, 0) is 16.6 Å². The van der Waals surface area contributed by atoms with Crippen molar-refractivity contribution in [1.82, 2.24) is 9.78 Å². The molecule has 4 nitrogen and oxygen atoms in total.